The molecule has 0 radical (unpaired) electrons. The summed E-state index contributed by atoms with van der Waals surface area (Å²) in [4.78, 5) is 31.8. The maximum Gasteiger partial charge on any atom is 0.264 e. The fraction of sp³-hybridized carbons (Fsp3) is 0.429. The number of aromatic nitrogens is 4. The van der Waals surface area contributed by atoms with Crippen molar-refractivity contribution < 1.29 is 14.3 Å². The SMILES string of the molecule is COc1ccc(OC)c(CN(C(=O)CCn2cnc3c(cnn3C)c2=O)C2CC2)c1. The highest BCUT2D eigenvalue weighted by Gasteiger charge is 2.33. The third-order valence-electron chi connectivity index (χ3n) is 5.42. The molecule has 0 aliphatic heterocycles. The van der Waals surface area contributed by atoms with E-state index in [0.717, 1.165) is 29.9 Å². The number of carbonyl (C=O) groups excluding carboxylic acids is 1. The van der Waals surface area contributed by atoms with Gasteiger partial charge in [-0.05, 0) is 31.0 Å². The van der Waals surface area contributed by atoms with Crippen LogP contribution >= 0.6 is 0 Å². The largest absolute Gasteiger partial charge is 0.497 e. The number of rotatable bonds is 8. The van der Waals surface area contributed by atoms with Gasteiger partial charge in [0.2, 0.25) is 5.91 Å². The number of ether oxygens (including phenoxy) is 2. The van der Waals surface area contributed by atoms with Crippen LogP contribution in [0.1, 0.15) is 24.8 Å². The molecule has 9 nitrogen and oxygen atoms in total. The Kier molecular flexibility index (Phi) is 5.43. The van der Waals surface area contributed by atoms with Crippen molar-refractivity contribution in [2.75, 3.05) is 14.2 Å². The minimum absolute atomic E-state index is 0.000515. The van der Waals surface area contributed by atoms with E-state index >= 15 is 0 Å². The lowest BCUT2D eigenvalue weighted by Gasteiger charge is -2.24. The van der Waals surface area contributed by atoms with Crippen LogP contribution < -0.4 is 15.0 Å². The monoisotopic (exact) mass is 411 g/mol. The van der Waals surface area contributed by atoms with Gasteiger partial charge in [-0.3, -0.25) is 18.8 Å². The van der Waals surface area contributed by atoms with Gasteiger partial charge < -0.3 is 14.4 Å². The first-order chi connectivity index (χ1) is 14.5. The molecule has 1 amide bonds. The third-order valence-corrected chi connectivity index (χ3v) is 5.42. The zero-order chi connectivity index (χ0) is 21.3. The Balaban J connectivity index is 1.50. The fourth-order valence-electron chi connectivity index (χ4n) is 3.58. The van der Waals surface area contributed by atoms with Gasteiger partial charge in [-0.25, -0.2) is 4.98 Å². The van der Waals surface area contributed by atoms with E-state index in [1.807, 2.05) is 23.1 Å². The van der Waals surface area contributed by atoms with Crippen molar-refractivity contribution in [2.24, 2.45) is 7.05 Å². The quantitative estimate of drug-likeness (QED) is 0.561. The van der Waals surface area contributed by atoms with Crippen LogP contribution in [0.3, 0.4) is 0 Å². The van der Waals surface area contributed by atoms with E-state index in [0.29, 0.717) is 17.6 Å². The van der Waals surface area contributed by atoms with Crippen LogP contribution in [0.2, 0.25) is 0 Å². The molecule has 2 heterocycles. The number of hydrogen-bond donors (Lipinski definition) is 0. The minimum Gasteiger partial charge on any atom is -0.497 e. The average molecular weight is 411 g/mol. The van der Waals surface area contributed by atoms with Gasteiger partial charge in [0, 0.05) is 38.2 Å². The van der Waals surface area contributed by atoms with Crippen LogP contribution in [0.4, 0.5) is 0 Å². The second-order valence-corrected chi connectivity index (χ2v) is 7.43. The molecule has 0 bridgehead atoms. The molecule has 158 valence electrons. The van der Waals surface area contributed by atoms with E-state index < -0.39 is 0 Å². The molecular weight excluding hydrogens is 386 g/mol. The van der Waals surface area contributed by atoms with E-state index in [4.69, 9.17) is 9.47 Å². The summed E-state index contributed by atoms with van der Waals surface area (Å²) < 4.78 is 13.8. The van der Waals surface area contributed by atoms with E-state index in [-0.39, 0.29) is 30.5 Å². The Morgan fingerprint density at radius 3 is 2.77 bits per heavy atom. The van der Waals surface area contributed by atoms with Crippen LogP contribution in [-0.2, 0) is 24.9 Å². The summed E-state index contributed by atoms with van der Waals surface area (Å²) in [5, 5.41) is 4.52. The molecule has 0 spiro atoms. The van der Waals surface area contributed by atoms with Crippen LogP contribution in [0, 0.1) is 0 Å². The van der Waals surface area contributed by atoms with Crippen LogP contribution in [0.15, 0.2) is 35.5 Å². The molecule has 0 N–H and O–H groups in total. The minimum atomic E-state index is -0.187. The second-order valence-electron chi connectivity index (χ2n) is 7.43. The Hall–Kier alpha value is -3.36. The van der Waals surface area contributed by atoms with E-state index in [1.165, 1.54) is 17.1 Å². The molecule has 30 heavy (non-hydrogen) atoms. The molecular formula is C21H25N5O4. The molecule has 2 aromatic heterocycles. The molecule has 4 rings (SSSR count). The molecule has 3 aromatic rings. The first kappa shape index (κ1) is 19.9. The summed E-state index contributed by atoms with van der Waals surface area (Å²) >= 11 is 0. The lowest BCUT2D eigenvalue weighted by Crippen LogP contribution is -2.34. The van der Waals surface area contributed by atoms with Gasteiger partial charge >= 0.3 is 0 Å². The molecule has 0 saturated heterocycles. The number of fused-ring (bicyclic) bond motifs is 1. The first-order valence-corrected chi connectivity index (χ1v) is 9.89. The third kappa shape index (κ3) is 3.87. The molecule has 1 aliphatic rings. The molecule has 9 heteroatoms. The molecule has 1 aliphatic carbocycles. The summed E-state index contributed by atoms with van der Waals surface area (Å²) in [7, 11) is 4.96. The maximum atomic E-state index is 13.0. The first-order valence-electron chi connectivity index (χ1n) is 9.89. The predicted molar refractivity (Wildman–Crippen MR) is 111 cm³/mol. The smallest absolute Gasteiger partial charge is 0.264 e. The summed E-state index contributed by atoms with van der Waals surface area (Å²) in [6.07, 6.45) is 5.18. The normalized spacial score (nSPS) is 13.4. The van der Waals surface area contributed by atoms with Crippen molar-refractivity contribution in [3.8, 4) is 11.5 Å². The Labute approximate surface area is 173 Å². The van der Waals surface area contributed by atoms with Crippen molar-refractivity contribution in [1.29, 1.82) is 0 Å². The fourth-order valence-corrected chi connectivity index (χ4v) is 3.58. The summed E-state index contributed by atoms with van der Waals surface area (Å²) in [6.45, 7) is 0.715. The predicted octanol–water partition coefficient (Wildman–Crippen LogP) is 1.73. The number of methoxy groups -OCH3 is 2. The van der Waals surface area contributed by atoms with E-state index in [2.05, 4.69) is 10.1 Å². The maximum absolute atomic E-state index is 13.0. The molecule has 1 fully saturated rings. The van der Waals surface area contributed by atoms with Gasteiger partial charge in [0.05, 0.1) is 26.7 Å². The number of amides is 1. The highest BCUT2D eigenvalue weighted by atomic mass is 16.5. The van der Waals surface area contributed by atoms with E-state index in [1.54, 1.807) is 25.9 Å². The lowest BCUT2D eigenvalue weighted by atomic mass is 10.1. The van der Waals surface area contributed by atoms with Gasteiger partial charge in [-0.1, -0.05) is 0 Å². The Morgan fingerprint density at radius 1 is 1.27 bits per heavy atom. The zero-order valence-electron chi connectivity index (χ0n) is 17.4. The number of nitrogens with zero attached hydrogens (tertiary/aromatic N) is 5. The number of aryl methyl sites for hydroxylation is 2. The number of hydrogen-bond acceptors (Lipinski definition) is 6. The summed E-state index contributed by atoms with van der Waals surface area (Å²) in [5.74, 6) is 1.44. The second kappa shape index (κ2) is 8.17. The van der Waals surface area contributed by atoms with Gasteiger partial charge in [0.25, 0.3) is 5.56 Å². The molecule has 0 unspecified atom stereocenters. The number of benzene rings is 1. The van der Waals surface area contributed by atoms with Gasteiger partial charge in [-0.15, -0.1) is 0 Å². The van der Waals surface area contributed by atoms with Crippen LogP contribution in [0.25, 0.3) is 11.0 Å². The van der Waals surface area contributed by atoms with Gasteiger partial charge in [0.15, 0.2) is 5.65 Å². The van der Waals surface area contributed by atoms with Gasteiger partial charge in [0.1, 0.15) is 16.9 Å². The van der Waals surface area contributed by atoms with Crippen molar-refractivity contribution in [1.82, 2.24) is 24.2 Å². The zero-order valence-corrected chi connectivity index (χ0v) is 17.4. The lowest BCUT2D eigenvalue weighted by molar-refractivity contribution is -0.132. The van der Waals surface area contributed by atoms with Crippen molar-refractivity contribution >= 4 is 16.9 Å². The average Bonchev–Trinajstić information content (AvgIpc) is 3.53. The van der Waals surface area contributed by atoms with Crippen LogP contribution in [-0.4, -0.2) is 50.4 Å². The summed E-state index contributed by atoms with van der Waals surface area (Å²) in [5.41, 5.74) is 1.24. The van der Waals surface area contributed by atoms with Crippen LogP contribution in [0.5, 0.6) is 11.5 Å². The standard InChI is InChI=1S/C21H25N5O4/c1-24-20-17(11-23-24)21(28)25(13-22-20)9-8-19(27)26(15-4-5-15)12-14-10-16(29-2)6-7-18(14)30-3/h6-7,10-11,13,15H,4-5,8-9,12H2,1-3H3. The number of carbonyl (C=O) groups is 1. The molecule has 1 aromatic carbocycles. The molecule has 1 saturated carbocycles. The highest BCUT2D eigenvalue weighted by Crippen LogP contribution is 2.32. The van der Waals surface area contributed by atoms with Crippen molar-refractivity contribution in [3.63, 3.8) is 0 Å². The van der Waals surface area contributed by atoms with Gasteiger partial charge in [-0.2, -0.15) is 5.10 Å². The van der Waals surface area contributed by atoms with E-state index in [9.17, 15) is 9.59 Å². The Morgan fingerprint density at radius 2 is 2.07 bits per heavy atom. The van der Waals surface area contributed by atoms with Crippen molar-refractivity contribution in [3.05, 3.63) is 46.6 Å². The Bertz CT molecular complexity index is 1130. The van der Waals surface area contributed by atoms with Crippen molar-refractivity contribution in [2.45, 2.75) is 38.4 Å². The molecule has 0 atom stereocenters. The highest BCUT2D eigenvalue weighted by molar-refractivity contribution is 5.77. The summed E-state index contributed by atoms with van der Waals surface area (Å²) in [6, 6.07) is 5.80. The topological polar surface area (TPSA) is 91.5 Å².